The molecule has 1 aliphatic heterocycles. The molecule has 39 heavy (non-hydrogen) atoms. The standard InChI is InChI=1S/C26H25F3N4O6/c27-26(28,29)25-31-22(32-39-25)16-6-8-17(9-7-16)23(36)30-14-20-15-38-12-10-33(20)24(37)19-4-1-3-18(13-19)21(35)5-2-11-34/h1,3-4,6-9,13,20,34H,2,5,10-12,14-15H2,(H,30,36)/t20-/m0/s1. The molecule has 2 aromatic carbocycles. The summed E-state index contributed by atoms with van der Waals surface area (Å²) in [4.78, 5) is 43.2. The Morgan fingerprint density at radius 1 is 1.08 bits per heavy atom. The first-order chi connectivity index (χ1) is 18.7. The van der Waals surface area contributed by atoms with Gasteiger partial charge in [-0.1, -0.05) is 29.4 Å². The maximum atomic E-state index is 13.3. The first kappa shape index (κ1) is 27.9. The highest BCUT2D eigenvalue weighted by Gasteiger charge is 2.38. The third-order valence-corrected chi connectivity index (χ3v) is 6.05. The van der Waals surface area contributed by atoms with E-state index in [0.717, 1.165) is 0 Å². The Bertz CT molecular complexity index is 1330. The van der Waals surface area contributed by atoms with Crippen molar-refractivity contribution < 1.29 is 41.9 Å². The number of aliphatic hydroxyl groups excluding tert-OH is 1. The van der Waals surface area contributed by atoms with E-state index in [1.54, 1.807) is 23.1 Å². The van der Waals surface area contributed by atoms with Crippen molar-refractivity contribution >= 4 is 17.6 Å². The highest BCUT2D eigenvalue weighted by molar-refractivity contribution is 6.00. The number of alkyl halides is 3. The second-order valence-corrected chi connectivity index (χ2v) is 8.77. The quantitative estimate of drug-likeness (QED) is 0.391. The van der Waals surface area contributed by atoms with Crippen molar-refractivity contribution in [3.05, 3.63) is 71.1 Å². The molecule has 0 spiro atoms. The molecule has 4 rings (SSSR count). The predicted octanol–water partition coefficient (Wildman–Crippen LogP) is 2.98. The zero-order valence-electron chi connectivity index (χ0n) is 20.6. The number of Topliss-reactive ketones (excluding diaryl/α,β-unsaturated/α-hetero) is 1. The number of aromatic nitrogens is 2. The minimum atomic E-state index is -4.76. The van der Waals surface area contributed by atoms with Crippen molar-refractivity contribution in [2.24, 2.45) is 0 Å². The number of carbonyl (C=O) groups is 3. The predicted molar refractivity (Wildman–Crippen MR) is 130 cm³/mol. The van der Waals surface area contributed by atoms with Crippen LogP contribution in [0.25, 0.3) is 11.4 Å². The van der Waals surface area contributed by atoms with Crippen LogP contribution in [0, 0.1) is 0 Å². The number of halogens is 3. The van der Waals surface area contributed by atoms with E-state index in [2.05, 4.69) is 20.0 Å². The van der Waals surface area contributed by atoms with Crippen LogP contribution < -0.4 is 5.32 Å². The number of hydrogen-bond donors (Lipinski definition) is 2. The fraction of sp³-hybridized carbons (Fsp3) is 0.346. The van der Waals surface area contributed by atoms with Crippen LogP contribution in [-0.2, 0) is 10.9 Å². The largest absolute Gasteiger partial charge is 0.471 e. The molecule has 2 heterocycles. The molecular weight excluding hydrogens is 521 g/mol. The van der Waals surface area contributed by atoms with Gasteiger partial charge >= 0.3 is 12.1 Å². The van der Waals surface area contributed by atoms with Gasteiger partial charge in [0.1, 0.15) is 0 Å². The van der Waals surface area contributed by atoms with E-state index >= 15 is 0 Å². The highest BCUT2D eigenvalue weighted by atomic mass is 19.4. The van der Waals surface area contributed by atoms with E-state index in [1.807, 2.05) is 0 Å². The zero-order chi connectivity index (χ0) is 28.0. The van der Waals surface area contributed by atoms with Gasteiger partial charge in [0.15, 0.2) is 5.78 Å². The molecule has 1 saturated heterocycles. The summed E-state index contributed by atoms with van der Waals surface area (Å²) in [6, 6.07) is 11.5. The third kappa shape index (κ3) is 6.86. The molecule has 1 aromatic heterocycles. The lowest BCUT2D eigenvalue weighted by Gasteiger charge is -2.35. The van der Waals surface area contributed by atoms with Gasteiger partial charge in [-0.2, -0.15) is 18.2 Å². The smallest absolute Gasteiger partial charge is 0.396 e. The number of hydrogen-bond acceptors (Lipinski definition) is 8. The van der Waals surface area contributed by atoms with Crippen LogP contribution in [0.3, 0.4) is 0 Å². The molecule has 0 aliphatic carbocycles. The summed E-state index contributed by atoms with van der Waals surface area (Å²) in [5.74, 6) is -2.66. The summed E-state index contributed by atoms with van der Waals surface area (Å²) in [7, 11) is 0. The molecule has 1 aliphatic rings. The van der Waals surface area contributed by atoms with E-state index in [0.29, 0.717) is 30.7 Å². The second-order valence-electron chi connectivity index (χ2n) is 8.77. The molecule has 0 saturated carbocycles. The lowest BCUT2D eigenvalue weighted by Crippen LogP contribution is -2.53. The average Bonchev–Trinajstić information content (AvgIpc) is 3.46. The van der Waals surface area contributed by atoms with E-state index < -0.39 is 24.0 Å². The molecule has 2 N–H and O–H groups in total. The zero-order valence-corrected chi connectivity index (χ0v) is 20.6. The Balaban J connectivity index is 1.39. The fourth-order valence-electron chi connectivity index (χ4n) is 4.01. The summed E-state index contributed by atoms with van der Waals surface area (Å²) >= 11 is 0. The molecule has 0 bridgehead atoms. The highest BCUT2D eigenvalue weighted by Crippen LogP contribution is 2.29. The van der Waals surface area contributed by atoms with Crippen LogP contribution in [0.5, 0.6) is 0 Å². The summed E-state index contributed by atoms with van der Waals surface area (Å²) in [6.07, 6.45) is -4.25. The van der Waals surface area contributed by atoms with Gasteiger partial charge in [-0.3, -0.25) is 14.4 Å². The Morgan fingerprint density at radius 2 is 1.82 bits per heavy atom. The van der Waals surface area contributed by atoms with Gasteiger partial charge in [-0.15, -0.1) is 0 Å². The number of ketones is 1. The van der Waals surface area contributed by atoms with Gasteiger partial charge < -0.3 is 24.6 Å². The molecular formula is C26H25F3N4O6. The van der Waals surface area contributed by atoms with E-state index in [-0.39, 0.29) is 54.8 Å². The van der Waals surface area contributed by atoms with Gasteiger partial charge in [0.05, 0.1) is 19.3 Å². The van der Waals surface area contributed by atoms with Gasteiger partial charge in [-0.05, 0) is 30.7 Å². The molecule has 0 unspecified atom stereocenters. The van der Waals surface area contributed by atoms with E-state index in [4.69, 9.17) is 9.84 Å². The van der Waals surface area contributed by atoms with E-state index in [9.17, 15) is 27.6 Å². The number of rotatable bonds is 9. The minimum Gasteiger partial charge on any atom is -0.396 e. The first-order valence-electron chi connectivity index (χ1n) is 12.1. The molecule has 13 heteroatoms. The van der Waals surface area contributed by atoms with Gasteiger partial charge in [0.2, 0.25) is 5.82 Å². The number of benzene rings is 2. The monoisotopic (exact) mass is 546 g/mol. The Labute approximate surface area is 220 Å². The molecule has 2 amide bonds. The number of ether oxygens (including phenoxy) is 1. The van der Waals surface area contributed by atoms with Crippen LogP contribution in [0.15, 0.2) is 53.1 Å². The molecule has 0 radical (unpaired) electrons. The normalized spacial score (nSPS) is 15.7. The fourth-order valence-corrected chi connectivity index (χ4v) is 4.01. The second kappa shape index (κ2) is 12.2. The number of carbonyl (C=O) groups excluding carboxylic acids is 3. The Morgan fingerprint density at radius 3 is 2.51 bits per heavy atom. The topological polar surface area (TPSA) is 135 Å². The Kier molecular flexibility index (Phi) is 8.72. The first-order valence-corrected chi connectivity index (χ1v) is 12.1. The van der Waals surface area contributed by atoms with Crippen molar-refractivity contribution in [1.82, 2.24) is 20.4 Å². The number of morpholine rings is 1. The van der Waals surface area contributed by atoms with Crippen LogP contribution in [0.4, 0.5) is 13.2 Å². The lowest BCUT2D eigenvalue weighted by molar-refractivity contribution is -0.159. The average molecular weight is 547 g/mol. The third-order valence-electron chi connectivity index (χ3n) is 6.05. The Hall–Kier alpha value is -4.10. The minimum absolute atomic E-state index is 0.0846. The summed E-state index contributed by atoms with van der Waals surface area (Å²) in [5.41, 5.74) is 1.18. The number of amides is 2. The molecule has 3 aromatic rings. The van der Waals surface area contributed by atoms with Gasteiger partial charge in [0, 0.05) is 48.4 Å². The summed E-state index contributed by atoms with van der Waals surface area (Å²) < 4.78 is 47.8. The van der Waals surface area contributed by atoms with Crippen LogP contribution in [0.1, 0.15) is 49.8 Å². The van der Waals surface area contributed by atoms with Crippen LogP contribution in [-0.4, -0.2) is 76.7 Å². The number of nitrogens with one attached hydrogen (secondary N) is 1. The lowest BCUT2D eigenvalue weighted by atomic mass is 10.0. The van der Waals surface area contributed by atoms with Gasteiger partial charge in [0.25, 0.3) is 11.8 Å². The molecule has 1 atom stereocenters. The van der Waals surface area contributed by atoms with Crippen LogP contribution >= 0.6 is 0 Å². The maximum absolute atomic E-state index is 13.3. The molecule has 10 nitrogen and oxygen atoms in total. The molecule has 1 fully saturated rings. The van der Waals surface area contributed by atoms with Crippen LogP contribution in [0.2, 0.25) is 0 Å². The van der Waals surface area contributed by atoms with Crippen molar-refractivity contribution in [3.63, 3.8) is 0 Å². The van der Waals surface area contributed by atoms with Gasteiger partial charge in [-0.25, -0.2) is 0 Å². The van der Waals surface area contributed by atoms with E-state index in [1.165, 1.54) is 30.3 Å². The SMILES string of the molecule is O=C(CCCO)c1cccc(C(=O)N2CCOC[C@@H]2CNC(=O)c2ccc(-c3noc(C(F)(F)F)n3)cc2)c1. The summed E-state index contributed by atoms with van der Waals surface area (Å²) in [5, 5.41) is 15.0. The van der Waals surface area contributed by atoms with Crippen molar-refractivity contribution in [2.45, 2.75) is 25.1 Å². The number of nitrogens with zero attached hydrogens (tertiary/aromatic N) is 3. The summed E-state index contributed by atoms with van der Waals surface area (Å²) in [6.45, 7) is 0.790. The van der Waals surface area contributed by atoms with Crippen molar-refractivity contribution in [1.29, 1.82) is 0 Å². The molecule has 206 valence electrons. The number of aliphatic hydroxyl groups is 1. The van der Waals surface area contributed by atoms with Crippen molar-refractivity contribution in [3.8, 4) is 11.4 Å². The van der Waals surface area contributed by atoms with Crippen molar-refractivity contribution in [2.75, 3.05) is 32.9 Å². The maximum Gasteiger partial charge on any atom is 0.471 e.